The third-order valence-electron chi connectivity index (χ3n) is 10.7. The van der Waals surface area contributed by atoms with E-state index in [1.807, 2.05) is 0 Å². The fourth-order valence-electron chi connectivity index (χ4n) is 7.35. The lowest BCUT2D eigenvalue weighted by Crippen LogP contribution is -2.68. The molecule has 350 valence electrons. The van der Waals surface area contributed by atoms with Crippen molar-refractivity contribution in [2.24, 2.45) is 0 Å². The zero-order valence-corrected chi connectivity index (χ0v) is 31.3. The molecule has 0 saturated carbocycles. The van der Waals surface area contributed by atoms with Gasteiger partial charge in [-0.1, -0.05) is 0 Å². The molecule has 0 amide bonds. The first-order chi connectivity index (χ1) is 28.5. The van der Waals surface area contributed by atoms with Crippen molar-refractivity contribution in [1.29, 1.82) is 0 Å². The highest BCUT2D eigenvalue weighted by atomic mass is 16.8. The van der Waals surface area contributed by atoms with Crippen molar-refractivity contribution < 1.29 is 139 Å². The van der Waals surface area contributed by atoms with Crippen LogP contribution in [0.3, 0.4) is 0 Å². The lowest BCUT2D eigenvalue weighted by molar-refractivity contribution is -0.392. The molecule has 0 aliphatic carbocycles. The van der Waals surface area contributed by atoms with Crippen molar-refractivity contribution in [2.75, 3.05) is 39.6 Å². The minimum absolute atomic E-state index is 0.847. The summed E-state index contributed by atoms with van der Waals surface area (Å²) in [5.74, 6) is -1.27. The van der Waals surface area contributed by atoms with Crippen LogP contribution >= 0.6 is 0 Å². The average molecular weight is 887 g/mol. The summed E-state index contributed by atoms with van der Waals surface area (Å²) in [5.41, 5.74) is 0. The van der Waals surface area contributed by atoms with Crippen molar-refractivity contribution >= 4 is 5.97 Å². The fourth-order valence-corrected chi connectivity index (χ4v) is 7.35. The third kappa shape index (κ3) is 10.2. The number of carbonyl (C=O) groups excluding carboxylic acids is 1. The van der Waals surface area contributed by atoms with Crippen molar-refractivity contribution in [3.05, 3.63) is 0 Å². The highest BCUT2D eigenvalue weighted by molar-refractivity contribution is 5.70. The van der Waals surface area contributed by atoms with Crippen LogP contribution in [-0.2, 0) is 52.2 Å². The van der Waals surface area contributed by atoms with Gasteiger partial charge in [0, 0.05) is 0 Å². The van der Waals surface area contributed by atoms with E-state index >= 15 is 0 Å². The SMILES string of the molecule is O=C(CO)O[C@@H]1[C@@H](O)[C@@H](O[C@H]2[C@H](O)[C@@H](O)[C@@H](O[C@H]3[C@H](O)[C@@H](O)[C@@H](O[C@H]4[C@H](O)[C@@H](O)[C@@H](O[C@H]5[C@H](O)[C@@H](O)[C@H](O)O[C@@H]5CO)O[C@@H]4CO)O[C@@H]3CO)O[C@@H]2CO)O[C@H](CO)[C@H]1O. The summed E-state index contributed by atoms with van der Waals surface area (Å²) in [5, 5.41) is 176. The monoisotopic (exact) mass is 886 g/mol. The van der Waals surface area contributed by atoms with Crippen LogP contribution in [0.15, 0.2) is 0 Å². The van der Waals surface area contributed by atoms with E-state index in [0.29, 0.717) is 0 Å². The molecule has 5 aliphatic rings. The van der Waals surface area contributed by atoms with Crippen LogP contribution in [0, 0.1) is 0 Å². The van der Waals surface area contributed by atoms with Crippen LogP contribution < -0.4 is 0 Å². The van der Waals surface area contributed by atoms with E-state index < -0.39 is 199 Å². The minimum Gasteiger partial charge on any atom is -0.455 e. The Balaban J connectivity index is 1.23. The molecule has 28 heteroatoms. The van der Waals surface area contributed by atoms with Gasteiger partial charge in [0.15, 0.2) is 37.6 Å². The summed E-state index contributed by atoms with van der Waals surface area (Å²) in [6, 6.07) is 0. The maximum atomic E-state index is 11.7. The van der Waals surface area contributed by atoms with E-state index in [1.165, 1.54) is 0 Å². The largest absolute Gasteiger partial charge is 0.455 e. The molecule has 5 rings (SSSR count). The second kappa shape index (κ2) is 21.4. The Kier molecular flexibility index (Phi) is 17.6. The summed E-state index contributed by atoms with van der Waals surface area (Å²) in [4.78, 5) is 11.7. The Morgan fingerprint density at radius 2 is 0.650 bits per heavy atom. The maximum Gasteiger partial charge on any atom is 0.332 e. The fraction of sp³-hybridized carbons (Fsp3) is 0.969. The smallest absolute Gasteiger partial charge is 0.332 e. The first-order valence-electron chi connectivity index (χ1n) is 18.7. The number of rotatable bonds is 15. The number of aliphatic hydroxyl groups is 17. The number of ether oxygens (including phenoxy) is 10. The highest BCUT2D eigenvalue weighted by Crippen LogP contribution is 2.35. The van der Waals surface area contributed by atoms with Crippen LogP contribution in [0.25, 0.3) is 0 Å². The number of hydrogen-bond acceptors (Lipinski definition) is 28. The Morgan fingerprint density at radius 3 is 0.983 bits per heavy atom. The average Bonchev–Trinajstić information content (AvgIpc) is 3.24. The van der Waals surface area contributed by atoms with Gasteiger partial charge < -0.3 is 134 Å². The summed E-state index contributed by atoms with van der Waals surface area (Å²) in [6.45, 7) is -5.85. The molecule has 5 aliphatic heterocycles. The topological polar surface area (TPSA) is 453 Å². The molecular formula is C32H54O28. The van der Waals surface area contributed by atoms with Crippen LogP contribution in [-0.4, -0.2) is 286 Å². The standard InChI is InChI=1S/C32H54O28/c33-1-7-13(40)27(56-12(39)6-38)22(49)32(52-7)60-26-11(5-37)55-31(21(48)17(26)44)59-25-10(4-36)54-30(20(47)16(25)43)58-24-9(3-35)53-29(19(46)15(24)42)57-23-8(2-34)51-28(50)18(45)14(23)41/h7-11,13-38,40-50H,1-6H2/t7-,8-,9-,10-,11-,13-,14-,15-,16-,17-,18-,19-,20-,21-,22-,23-,24-,25-,26-,27+,28-,29-,30-,31-,32-/m1/s1. The van der Waals surface area contributed by atoms with Gasteiger partial charge in [-0.15, -0.1) is 0 Å². The number of carbonyl (C=O) groups is 1. The van der Waals surface area contributed by atoms with Gasteiger partial charge >= 0.3 is 5.97 Å². The number of esters is 1. The van der Waals surface area contributed by atoms with Gasteiger partial charge in [-0.25, -0.2) is 4.79 Å². The maximum absolute atomic E-state index is 11.7. The molecular weight excluding hydrogens is 832 g/mol. The molecule has 0 bridgehead atoms. The van der Waals surface area contributed by atoms with Crippen LogP contribution in [0.5, 0.6) is 0 Å². The molecule has 0 radical (unpaired) electrons. The molecule has 0 aromatic rings. The number of aliphatic hydroxyl groups excluding tert-OH is 17. The molecule has 0 spiro atoms. The zero-order chi connectivity index (χ0) is 44.3. The summed E-state index contributed by atoms with van der Waals surface area (Å²) < 4.78 is 54.1. The lowest BCUT2D eigenvalue weighted by Gasteiger charge is -2.49. The summed E-state index contributed by atoms with van der Waals surface area (Å²) in [6.07, 6.45) is -46.8. The van der Waals surface area contributed by atoms with E-state index in [-0.39, 0.29) is 0 Å². The number of hydrogen-bond donors (Lipinski definition) is 17. The van der Waals surface area contributed by atoms with Gasteiger partial charge in [-0.2, -0.15) is 0 Å². The summed E-state index contributed by atoms with van der Waals surface area (Å²) in [7, 11) is 0. The highest BCUT2D eigenvalue weighted by Gasteiger charge is 2.56. The van der Waals surface area contributed by atoms with Crippen molar-refractivity contribution in [3.63, 3.8) is 0 Å². The summed E-state index contributed by atoms with van der Waals surface area (Å²) >= 11 is 0. The van der Waals surface area contributed by atoms with Gasteiger partial charge in [0.25, 0.3) is 0 Å². The van der Waals surface area contributed by atoms with Crippen molar-refractivity contribution in [3.8, 4) is 0 Å². The van der Waals surface area contributed by atoms with Gasteiger partial charge in [0.2, 0.25) is 0 Å². The van der Waals surface area contributed by atoms with Crippen LogP contribution in [0.4, 0.5) is 0 Å². The second-order valence-electron chi connectivity index (χ2n) is 14.6. The van der Waals surface area contributed by atoms with E-state index in [9.17, 15) is 86.5 Å². The molecule has 0 aromatic carbocycles. The van der Waals surface area contributed by atoms with E-state index in [1.54, 1.807) is 0 Å². The molecule has 5 heterocycles. The predicted molar refractivity (Wildman–Crippen MR) is 177 cm³/mol. The van der Waals surface area contributed by atoms with E-state index in [0.717, 1.165) is 0 Å². The molecule has 5 fully saturated rings. The van der Waals surface area contributed by atoms with Gasteiger partial charge in [0.05, 0.1) is 33.0 Å². The van der Waals surface area contributed by atoms with Crippen molar-refractivity contribution in [1.82, 2.24) is 0 Å². The van der Waals surface area contributed by atoms with Crippen molar-refractivity contribution in [2.45, 2.75) is 154 Å². The van der Waals surface area contributed by atoms with Crippen LogP contribution in [0.2, 0.25) is 0 Å². The zero-order valence-electron chi connectivity index (χ0n) is 31.3. The first-order valence-corrected chi connectivity index (χ1v) is 18.7. The molecule has 25 atom stereocenters. The molecule has 28 nitrogen and oxygen atoms in total. The Morgan fingerprint density at radius 1 is 0.350 bits per heavy atom. The molecule has 5 saturated heterocycles. The normalized spacial score (nSPS) is 50.3. The Hall–Kier alpha value is -1.57. The molecule has 0 unspecified atom stereocenters. The molecule has 0 aromatic heterocycles. The lowest BCUT2D eigenvalue weighted by atomic mass is 9.95. The quantitative estimate of drug-likeness (QED) is 0.0679. The predicted octanol–water partition coefficient (Wildman–Crippen LogP) is -12.4. The molecule has 17 N–H and O–H groups in total. The van der Waals surface area contributed by atoms with E-state index in [4.69, 9.17) is 52.5 Å². The third-order valence-corrected chi connectivity index (χ3v) is 10.7. The van der Waals surface area contributed by atoms with Gasteiger partial charge in [-0.3, -0.25) is 0 Å². The minimum atomic E-state index is -2.15. The van der Waals surface area contributed by atoms with Gasteiger partial charge in [0.1, 0.15) is 123 Å². The first kappa shape index (κ1) is 49.4. The molecule has 60 heavy (non-hydrogen) atoms. The van der Waals surface area contributed by atoms with Gasteiger partial charge in [-0.05, 0) is 0 Å². The van der Waals surface area contributed by atoms with Crippen LogP contribution in [0.1, 0.15) is 0 Å². The second-order valence-corrected chi connectivity index (χ2v) is 14.6. The van der Waals surface area contributed by atoms with E-state index in [2.05, 4.69) is 0 Å². The Labute approximate surface area is 338 Å². The Bertz CT molecular complexity index is 1330.